The highest BCUT2D eigenvalue weighted by molar-refractivity contribution is 7.99. The van der Waals surface area contributed by atoms with Gasteiger partial charge in [-0.05, 0) is 29.9 Å². The van der Waals surface area contributed by atoms with Crippen LogP contribution in [0.25, 0.3) is 11.0 Å². The van der Waals surface area contributed by atoms with Gasteiger partial charge in [0.05, 0.1) is 17.6 Å². The molecule has 17 heavy (non-hydrogen) atoms. The molecular formula is C12H14ClN3S. The van der Waals surface area contributed by atoms with Crippen molar-refractivity contribution >= 4 is 34.4 Å². The average Bonchev–Trinajstić information content (AvgIpc) is 2.98. The van der Waals surface area contributed by atoms with Crippen LogP contribution in [0, 0.1) is 5.92 Å². The monoisotopic (exact) mass is 267 g/mol. The lowest BCUT2D eigenvalue weighted by Crippen LogP contribution is -2.12. The molecule has 1 aliphatic heterocycles. The molecule has 0 saturated carbocycles. The topological polar surface area (TPSA) is 30.7 Å². The lowest BCUT2D eigenvalue weighted by atomic mass is 10.1. The van der Waals surface area contributed by atoms with Gasteiger partial charge >= 0.3 is 0 Å². The Morgan fingerprint density at radius 1 is 1.53 bits per heavy atom. The van der Waals surface area contributed by atoms with Crippen LogP contribution in [-0.4, -0.2) is 26.0 Å². The highest BCUT2D eigenvalue weighted by atomic mass is 35.5. The molecule has 0 aliphatic carbocycles. The predicted octanol–water partition coefficient (Wildman–Crippen LogP) is 2.92. The summed E-state index contributed by atoms with van der Waals surface area (Å²) in [6, 6.07) is 2.03. The van der Waals surface area contributed by atoms with Crippen LogP contribution in [0.1, 0.15) is 12.2 Å². The van der Waals surface area contributed by atoms with E-state index in [4.69, 9.17) is 11.6 Å². The zero-order valence-corrected chi connectivity index (χ0v) is 11.0. The fraction of sp³-hybridized carbons (Fsp3) is 0.500. The number of aromatic nitrogens is 3. The highest BCUT2D eigenvalue weighted by Gasteiger charge is 2.19. The SMILES string of the molecule is ClCc1nc2cnccc2n1CC1CCSC1. The van der Waals surface area contributed by atoms with E-state index in [1.54, 1.807) is 0 Å². The maximum absolute atomic E-state index is 5.98. The number of alkyl halides is 1. The van der Waals surface area contributed by atoms with E-state index in [1.165, 1.54) is 17.9 Å². The van der Waals surface area contributed by atoms with Crippen LogP contribution in [-0.2, 0) is 12.4 Å². The largest absolute Gasteiger partial charge is 0.327 e. The van der Waals surface area contributed by atoms with Gasteiger partial charge in [0.2, 0.25) is 0 Å². The van der Waals surface area contributed by atoms with Crippen molar-refractivity contribution in [3.8, 4) is 0 Å². The van der Waals surface area contributed by atoms with Crippen LogP contribution in [0.5, 0.6) is 0 Å². The van der Waals surface area contributed by atoms with Crippen LogP contribution < -0.4 is 0 Å². The number of fused-ring (bicyclic) bond motifs is 1. The average molecular weight is 268 g/mol. The Hall–Kier alpha value is -0.740. The van der Waals surface area contributed by atoms with Crippen molar-refractivity contribution < 1.29 is 0 Å². The third-order valence-electron chi connectivity index (χ3n) is 3.21. The van der Waals surface area contributed by atoms with E-state index >= 15 is 0 Å². The molecule has 1 atom stereocenters. The fourth-order valence-corrected chi connectivity index (χ4v) is 3.80. The van der Waals surface area contributed by atoms with Gasteiger partial charge in [0, 0.05) is 12.7 Å². The summed E-state index contributed by atoms with van der Waals surface area (Å²) in [7, 11) is 0. The van der Waals surface area contributed by atoms with Crippen molar-refractivity contribution in [2.75, 3.05) is 11.5 Å². The van der Waals surface area contributed by atoms with E-state index in [0.29, 0.717) is 5.88 Å². The maximum Gasteiger partial charge on any atom is 0.124 e. The standard InChI is InChI=1S/C12H14ClN3S/c13-5-12-15-10-6-14-3-1-11(10)16(12)7-9-2-4-17-8-9/h1,3,6,9H,2,4-5,7-8H2. The molecule has 1 aliphatic rings. The second-order valence-electron chi connectivity index (χ2n) is 4.37. The second-order valence-corrected chi connectivity index (χ2v) is 5.78. The van der Waals surface area contributed by atoms with Gasteiger partial charge in [-0.15, -0.1) is 11.6 Å². The van der Waals surface area contributed by atoms with Crippen molar-refractivity contribution in [1.82, 2.24) is 14.5 Å². The molecule has 2 aromatic rings. The summed E-state index contributed by atoms with van der Waals surface area (Å²) in [6.45, 7) is 1.04. The van der Waals surface area contributed by atoms with E-state index in [2.05, 4.69) is 14.5 Å². The molecule has 0 radical (unpaired) electrons. The summed E-state index contributed by atoms with van der Waals surface area (Å²) in [5.41, 5.74) is 2.11. The number of nitrogens with zero attached hydrogens (tertiary/aromatic N) is 3. The summed E-state index contributed by atoms with van der Waals surface area (Å²) in [6.07, 6.45) is 4.93. The lowest BCUT2D eigenvalue weighted by molar-refractivity contribution is 0.493. The van der Waals surface area contributed by atoms with Gasteiger partial charge in [-0.25, -0.2) is 4.98 Å². The molecule has 0 amide bonds. The molecule has 5 heteroatoms. The minimum Gasteiger partial charge on any atom is -0.327 e. The third kappa shape index (κ3) is 2.16. The first-order valence-electron chi connectivity index (χ1n) is 5.81. The van der Waals surface area contributed by atoms with E-state index in [0.717, 1.165) is 29.3 Å². The Labute approximate surface area is 110 Å². The van der Waals surface area contributed by atoms with Crippen molar-refractivity contribution in [3.05, 3.63) is 24.3 Å². The predicted molar refractivity (Wildman–Crippen MR) is 72.5 cm³/mol. The number of halogens is 1. The van der Waals surface area contributed by atoms with Crippen molar-refractivity contribution in [2.45, 2.75) is 18.8 Å². The number of hydrogen-bond donors (Lipinski definition) is 0. The number of hydrogen-bond acceptors (Lipinski definition) is 3. The van der Waals surface area contributed by atoms with E-state index in [-0.39, 0.29) is 0 Å². The second kappa shape index (κ2) is 4.86. The van der Waals surface area contributed by atoms with E-state index < -0.39 is 0 Å². The van der Waals surface area contributed by atoms with Gasteiger partial charge < -0.3 is 4.57 Å². The molecule has 0 aromatic carbocycles. The smallest absolute Gasteiger partial charge is 0.124 e. The summed E-state index contributed by atoms with van der Waals surface area (Å²) >= 11 is 8.02. The normalized spacial score (nSPS) is 20.2. The molecule has 0 spiro atoms. The van der Waals surface area contributed by atoms with Gasteiger partial charge in [0.25, 0.3) is 0 Å². The van der Waals surface area contributed by atoms with Crippen molar-refractivity contribution in [1.29, 1.82) is 0 Å². The summed E-state index contributed by atoms with van der Waals surface area (Å²) < 4.78 is 2.26. The van der Waals surface area contributed by atoms with Gasteiger partial charge in [-0.3, -0.25) is 4.98 Å². The molecule has 3 nitrogen and oxygen atoms in total. The number of rotatable bonds is 3. The van der Waals surface area contributed by atoms with Crippen molar-refractivity contribution in [2.24, 2.45) is 5.92 Å². The summed E-state index contributed by atoms with van der Waals surface area (Å²) in [4.78, 5) is 8.65. The molecule has 1 fully saturated rings. The van der Waals surface area contributed by atoms with E-state index in [9.17, 15) is 0 Å². The number of thioether (sulfide) groups is 1. The minimum atomic E-state index is 0.467. The first-order valence-corrected chi connectivity index (χ1v) is 7.50. The van der Waals surface area contributed by atoms with Gasteiger partial charge in [0.15, 0.2) is 0 Å². The maximum atomic E-state index is 5.98. The first-order chi connectivity index (χ1) is 8.38. The molecule has 0 bridgehead atoms. The van der Waals surface area contributed by atoms with E-state index in [1.807, 2.05) is 30.2 Å². The van der Waals surface area contributed by atoms with Gasteiger partial charge in [-0.1, -0.05) is 0 Å². The summed E-state index contributed by atoms with van der Waals surface area (Å²) in [5, 5.41) is 0. The Morgan fingerprint density at radius 3 is 3.24 bits per heavy atom. The number of pyridine rings is 1. The Kier molecular flexibility index (Phi) is 3.25. The zero-order valence-electron chi connectivity index (χ0n) is 9.47. The van der Waals surface area contributed by atoms with Crippen LogP contribution in [0.3, 0.4) is 0 Å². The Bertz CT molecular complexity index is 519. The molecule has 3 heterocycles. The first kappa shape index (κ1) is 11.4. The minimum absolute atomic E-state index is 0.467. The Balaban J connectivity index is 1.99. The molecule has 90 valence electrons. The van der Waals surface area contributed by atoms with Crippen LogP contribution >= 0.6 is 23.4 Å². The molecule has 3 rings (SSSR count). The highest BCUT2D eigenvalue weighted by Crippen LogP contribution is 2.27. The molecule has 1 saturated heterocycles. The van der Waals surface area contributed by atoms with Crippen LogP contribution in [0.4, 0.5) is 0 Å². The lowest BCUT2D eigenvalue weighted by Gasteiger charge is -2.12. The molecule has 0 N–H and O–H groups in total. The Morgan fingerprint density at radius 2 is 2.47 bits per heavy atom. The van der Waals surface area contributed by atoms with Gasteiger partial charge in [-0.2, -0.15) is 11.8 Å². The molecule has 2 aromatic heterocycles. The third-order valence-corrected chi connectivity index (χ3v) is 4.68. The van der Waals surface area contributed by atoms with Crippen LogP contribution in [0.15, 0.2) is 18.5 Å². The van der Waals surface area contributed by atoms with Gasteiger partial charge in [0.1, 0.15) is 11.3 Å². The van der Waals surface area contributed by atoms with Crippen LogP contribution in [0.2, 0.25) is 0 Å². The van der Waals surface area contributed by atoms with Crippen molar-refractivity contribution in [3.63, 3.8) is 0 Å². The zero-order chi connectivity index (χ0) is 11.7. The summed E-state index contributed by atoms with van der Waals surface area (Å²) in [5.74, 6) is 4.73. The fourth-order valence-electron chi connectivity index (χ4n) is 2.32. The molecule has 1 unspecified atom stereocenters. The molecular weight excluding hydrogens is 254 g/mol. The quantitative estimate of drug-likeness (QED) is 0.801. The number of imidazole rings is 1.